The molecule has 0 saturated carbocycles. The van der Waals surface area contributed by atoms with Gasteiger partial charge in [-0.1, -0.05) is 23.7 Å². The summed E-state index contributed by atoms with van der Waals surface area (Å²) in [5.74, 6) is -0.188. The van der Waals surface area contributed by atoms with Crippen LogP contribution in [0.5, 0.6) is 5.75 Å². The first kappa shape index (κ1) is 18.0. The largest absolute Gasteiger partial charge is 0.489 e. The summed E-state index contributed by atoms with van der Waals surface area (Å²) in [4.78, 5) is 24.9. The normalized spacial score (nSPS) is 13.8. The molecule has 0 aromatic heterocycles. The van der Waals surface area contributed by atoms with Crippen molar-refractivity contribution in [2.75, 3.05) is 18.5 Å². The van der Waals surface area contributed by atoms with Crippen LogP contribution in [0.1, 0.15) is 5.56 Å². The van der Waals surface area contributed by atoms with Crippen molar-refractivity contribution >= 4 is 29.1 Å². The third kappa shape index (κ3) is 4.22. The number of benzene rings is 2. The van der Waals surface area contributed by atoms with E-state index in [1.54, 1.807) is 30.3 Å². The Kier molecular flexibility index (Phi) is 5.55. The lowest BCUT2D eigenvalue weighted by Crippen LogP contribution is -2.34. The van der Waals surface area contributed by atoms with Gasteiger partial charge in [0.1, 0.15) is 18.1 Å². The molecule has 2 N–H and O–H groups in total. The molecule has 26 heavy (non-hydrogen) atoms. The van der Waals surface area contributed by atoms with Crippen LogP contribution in [0.4, 0.5) is 5.69 Å². The first-order valence-electron chi connectivity index (χ1n) is 7.99. The zero-order valence-electron chi connectivity index (χ0n) is 13.8. The molecule has 0 aliphatic carbocycles. The van der Waals surface area contributed by atoms with Crippen molar-refractivity contribution in [2.45, 2.75) is 6.61 Å². The van der Waals surface area contributed by atoms with Crippen molar-refractivity contribution in [1.82, 2.24) is 4.90 Å². The van der Waals surface area contributed by atoms with Crippen LogP contribution in [0, 0.1) is 0 Å². The van der Waals surface area contributed by atoms with Crippen LogP contribution in [0.25, 0.3) is 0 Å². The molecule has 6 nitrogen and oxygen atoms in total. The SMILES string of the molecule is O=C1C=C(Nc2cccc(COc3ccc(Cl)cc3)c2)C(=O)N1CCO. The summed E-state index contributed by atoms with van der Waals surface area (Å²) in [5.41, 5.74) is 1.74. The maximum Gasteiger partial charge on any atom is 0.277 e. The molecule has 2 aromatic rings. The van der Waals surface area contributed by atoms with Crippen molar-refractivity contribution in [3.63, 3.8) is 0 Å². The fraction of sp³-hybridized carbons (Fsp3) is 0.158. The number of carbonyl (C=O) groups excluding carboxylic acids is 2. The summed E-state index contributed by atoms with van der Waals surface area (Å²) in [6.45, 7) is 0.0597. The number of imide groups is 1. The van der Waals surface area contributed by atoms with Gasteiger partial charge in [-0.05, 0) is 42.0 Å². The van der Waals surface area contributed by atoms with Crippen molar-refractivity contribution in [1.29, 1.82) is 0 Å². The number of amides is 2. The number of hydrogen-bond acceptors (Lipinski definition) is 5. The van der Waals surface area contributed by atoms with Crippen LogP contribution in [-0.2, 0) is 16.2 Å². The standard InChI is InChI=1S/C19H17ClN2O4/c20-14-4-6-16(7-5-14)26-12-13-2-1-3-15(10-13)21-17-11-18(24)22(8-9-23)19(17)25/h1-7,10-11,21,23H,8-9,12H2. The second kappa shape index (κ2) is 8.03. The third-order valence-electron chi connectivity index (χ3n) is 3.76. The van der Waals surface area contributed by atoms with Crippen LogP contribution in [0.3, 0.4) is 0 Å². The van der Waals surface area contributed by atoms with Gasteiger partial charge in [0.25, 0.3) is 11.8 Å². The van der Waals surface area contributed by atoms with Gasteiger partial charge in [-0.25, -0.2) is 0 Å². The Balaban J connectivity index is 1.64. The van der Waals surface area contributed by atoms with Crippen molar-refractivity contribution in [3.8, 4) is 5.75 Å². The quantitative estimate of drug-likeness (QED) is 0.730. The summed E-state index contributed by atoms with van der Waals surface area (Å²) >= 11 is 5.84. The van der Waals surface area contributed by atoms with E-state index in [0.717, 1.165) is 10.5 Å². The number of ether oxygens (including phenoxy) is 1. The highest BCUT2D eigenvalue weighted by Gasteiger charge is 2.30. The van der Waals surface area contributed by atoms with E-state index in [1.807, 2.05) is 18.2 Å². The minimum atomic E-state index is -0.452. The molecule has 0 radical (unpaired) electrons. The minimum Gasteiger partial charge on any atom is -0.489 e. The molecule has 2 amide bonds. The van der Waals surface area contributed by atoms with E-state index in [4.69, 9.17) is 21.4 Å². The number of halogens is 1. The smallest absolute Gasteiger partial charge is 0.277 e. The summed E-state index contributed by atoms with van der Waals surface area (Å²) in [6.07, 6.45) is 1.23. The molecular weight excluding hydrogens is 356 g/mol. The molecule has 1 aliphatic rings. The molecule has 0 saturated heterocycles. The van der Waals surface area contributed by atoms with E-state index in [9.17, 15) is 9.59 Å². The number of nitrogens with one attached hydrogen (secondary N) is 1. The minimum absolute atomic E-state index is 0.0195. The van der Waals surface area contributed by atoms with Gasteiger partial charge in [-0.15, -0.1) is 0 Å². The fourth-order valence-corrected chi connectivity index (χ4v) is 2.63. The van der Waals surface area contributed by atoms with Gasteiger partial charge in [0.05, 0.1) is 13.2 Å². The van der Waals surface area contributed by atoms with Crippen LogP contribution in [-0.4, -0.2) is 35.0 Å². The van der Waals surface area contributed by atoms with Gasteiger partial charge in [0.15, 0.2) is 0 Å². The van der Waals surface area contributed by atoms with E-state index < -0.39 is 11.8 Å². The van der Waals surface area contributed by atoms with E-state index >= 15 is 0 Å². The van der Waals surface area contributed by atoms with Crippen LogP contribution < -0.4 is 10.1 Å². The van der Waals surface area contributed by atoms with Gasteiger partial charge < -0.3 is 15.2 Å². The van der Waals surface area contributed by atoms with Gasteiger partial charge in [-0.2, -0.15) is 0 Å². The lowest BCUT2D eigenvalue weighted by atomic mass is 10.2. The average Bonchev–Trinajstić information content (AvgIpc) is 2.89. The highest BCUT2D eigenvalue weighted by Crippen LogP contribution is 2.20. The predicted molar refractivity (Wildman–Crippen MR) is 97.7 cm³/mol. The first-order valence-corrected chi connectivity index (χ1v) is 8.37. The zero-order chi connectivity index (χ0) is 18.5. The summed E-state index contributed by atoms with van der Waals surface area (Å²) in [6, 6.07) is 14.4. The average molecular weight is 373 g/mol. The van der Waals surface area contributed by atoms with E-state index in [2.05, 4.69) is 5.32 Å². The summed E-state index contributed by atoms with van der Waals surface area (Å²) < 4.78 is 5.70. The van der Waals surface area contributed by atoms with Gasteiger partial charge in [0, 0.05) is 16.8 Å². The molecule has 0 fully saturated rings. The first-order chi connectivity index (χ1) is 12.6. The van der Waals surface area contributed by atoms with Crippen molar-refractivity contribution in [3.05, 3.63) is 70.9 Å². The van der Waals surface area contributed by atoms with Crippen LogP contribution in [0.15, 0.2) is 60.3 Å². The highest BCUT2D eigenvalue weighted by molar-refractivity contribution is 6.30. The molecule has 0 spiro atoms. The molecule has 2 aromatic carbocycles. The van der Waals surface area contributed by atoms with Crippen molar-refractivity contribution in [2.24, 2.45) is 0 Å². The molecular formula is C19H17ClN2O4. The fourth-order valence-electron chi connectivity index (χ4n) is 2.50. The number of β-amino-alcohol motifs (C(OH)–C–C–N with tert-alkyl or cyclic N) is 1. The molecule has 0 bridgehead atoms. The molecule has 0 atom stereocenters. The second-order valence-electron chi connectivity index (χ2n) is 5.64. The number of aliphatic hydroxyl groups is 1. The monoisotopic (exact) mass is 372 g/mol. The number of hydrogen-bond donors (Lipinski definition) is 2. The topological polar surface area (TPSA) is 78.9 Å². The summed E-state index contributed by atoms with van der Waals surface area (Å²) in [7, 11) is 0. The van der Waals surface area contributed by atoms with Crippen molar-refractivity contribution < 1.29 is 19.4 Å². The molecule has 134 valence electrons. The zero-order valence-corrected chi connectivity index (χ0v) is 14.6. The third-order valence-corrected chi connectivity index (χ3v) is 4.01. The van der Waals surface area contributed by atoms with Crippen LogP contribution in [0.2, 0.25) is 5.02 Å². The van der Waals surface area contributed by atoms with E-state index in [0.29, 0.717) is 23.1 Å². The van der Waals surface area contributed by atoms with Gasteiger partial charge >= 0.3 is 0 Å². The Morgan fingerprint density at radius 2 is 1.88 bits per heavy atom. The Hall–Kier alpha value is -2.83. The van der Waals surface area contributed by atoms with Gasteiger partial charge in [-0.3, -0.25) is 14.5 Å². The predicted octanol–water partition coefficient (Wildman–Crippen LogP) is 2.58. The number of nitrogens with zero attached hydrogens (tertiary/aromatic N) is 1. The molecule has 0 unspecified atom stereocenters. The Morgan fingerprint density at radius 3 is 2.62 bits per heavy atom. The maximum absolute atomic E-state index is 12.2. The molecule has 3 rings (SSSR count). The maximum atomic E-state index is 12.2. The van der Waals surface area contributed by atoms with E-state index in [1.165, 1.54) is 6.08 Å². The Bertz CT molecular complexity index is 849. The number of aliphatic hydroxyl groups excluding tert-OH is 1. The lowest BCUT2D eigenvalue weighted by Gasteiger charge is -2.14. The number of carbonyl (C=O) groups is 2. The number of rotatable bonds is 7. The van der Waals surface area contributed by atoms with Crippen LogP contribution >= 0.6 is 11.6 Å². The molecule has 1 aliphatic heterocycles. The van der Waals surface area contributed by atoms with Gasteiger partial charge in [0.2, 0.25) is 0 Å². The lowest BCUT2D eigenvalue weighted by molar-refractivity contribution is -0.137. The Morgan fingerprint density at radius 1 is 1.12 bits per heavy atom. The number of anilines is 1. The Labute approximate surface area is 155 Å². The second-order valence-corrected chi connectivity index (χ2v) is 6.08. The molecule has 7 heteroatoms. The highest BCUT2D eigenvalue weighted by atomic mass is 35.5. The summed E-state index contributed by atoms with van der Waals surface area (Å²) in [5, 5.41) is 12.5. The van der Waals surface area contributed by atoms with E-state index in [-0.39, 0.29) is 18.8 Å². The molecule has 1 heterocycles.